The Morgan fingerprint density at radius 3 is 2.77 bits per heavy atom. The van der Waals surface area contributed by atoms with Gasteiger partial charge in [-0.05, 0) is 25.3 Å². The van der Waals surface area contributed by atoms with Crippen molar-refractivity contribution in [3.05, 3.63) is 22.4 Å². The van der Waals surface area contributed by atoms with E-state index in [0.29, 0.717) is 0 Å². The molecule has 2 fully saturated rings. The van der Waals surface area contributed by atoms with Gasteiger partial charge in [-0.25, -0.2) is 0 Å². The Hall–Kier alpha value is -1.73. The highest BCUT2D eigenvalue weighted by atomic mass is 32.1. The number of rotatable bonds is 3. The minimum atomic E-state index is -1.19. The number of nitrogens with one attached hydrogen (secondary N) is 1. The highest BCUT2D eigenvalue weighted by molar-refractivity contribution is 7.10. The highest BCUT2D eigenvalue weighted by Crippen LogP contribution is 2.49. The van der Waals surface area contributed by atoms with Gasteiger partial charge >= 0.3 is 5.97 Å². The van der Waals surface area contributed by atoms with E-state index in [2.05, 4.69) is 5.32 Å². The summed E-state index contributed by atoms with van der Waals surface area (Å²) in [6.45, 7) is 3.61. The lowest BCUT2D eigenvalue weighted by Crippen LogP contribution is -2.53. The van der Waals surface area contributed by atoms with Crippen molar-refractivity contribution in [1.82, 2.24) is 10.2 Å². The van der Waals surface area contributed by atoms with Gasteiger partial charge in [0.15, 0.2) is 0 Å². The van der Waals surface area contributed by atoms with Crippen molar-refractivity contribution in [2.45, 2.75) is 25.4 Å². The summed E-state index contributed by atoms with van der Waals surface area (Å²) in [5.41, 5.74) is -1.19. The van der Waals surface area contributed by atoms with Crippen LogP contribution in [-0.4, -0.2) is 41.9 Å². The fraction of sp³-hybridized carbons (Fsp3) is 0.533. The van der Waals surface area contributed by atoms with Crippen LogP contribution >= 0.6 is 11.3 Å². The highest BCUT2D eigenvalue weighted by Gasteiger charge is 2.66. The van der Waals surface area contributed by atoms with E-state index in [1.165, 1.54) is 18.4 Å². The first kappa shape index (κ1) is 15.2. The molecule has 4 atom stereocenters. The first-order chi connectivity index (χ1) is 10.4. The molecule has 0 aliphatic carbocycles. The number of ether oxygens (including phenoxy) is 1. The third kappa shape index (κ3) is 1.92. The third-order valence-electron chi connectivity index (χ3n) is 4.56. The molecule has 2 amide bonds. The third-order valence-corrected chi connectivity index (χ3v) is 5.51. The van der Waals surface area contributed by atoms with E-state index < -0.39 is 23.3 Å². The van der Waals surface area contributed by atoms with E-state index in [9.17, 15) is 14.4 Å². The van der Waals surface area contributed by atoms with Crippen LogP contribution in [0, 0.1) is 11.8 Å². The molecule has 0 radical (unpaired) electrons. The van der Waals surface area contributed by atoms with E-state index in [0.717, 1.165) is 9.78 Å². The number of fused-ring (bicyclic) bond motifs is 1. The molecular weight excluding hydrogens is 304 g/mol. The van der Waals surface area contributed by atoms with Gasteiger partial charge < -0.3 is 4.74 Å². The van der Waals surface area contributed by atoms with E-state index >= 15 is 0 Å². The zero-order chi connectivity index (χ0) is 16.1. The van der Waals surface area contributed by atoms with E-state index in [1.807, 2.05) is 17.5 Å². The molecule has 0 saturated carbocycles. The van der Waals surface area contributed by atoms with Crippen LogP contribution in [0.15, 0.2) is 17.5 Å². The summed E-state index contributed by atoms with van der Waals surface area (Å²) in [5, 5.41) is 5.12. The van der Waals surface area contributed by atoms with Gasteiger partial charge in [-0.2, -0.15) is 0 Å². The topological polar surface area (TPSA) is 75.7 Å². The molecule has 3 heterocycles. The van der Waals surface area contributed by atoms with Crippen LogP contribution in [-0.2, 0) is 19.1 Å². The number of thiophene rings is 1. The van der Waals surface area contributed by atoms with Gasteiger partial charge in [-0.3, -0.25) is 24.6 Å². The van der Waals surface area contributed by atoms with E-state index in [-0.39, 0.29) is 24.5 Å². The number of imide groups is 1. The summed E-state index contributed by atoms with van der Waals surface area (Å²) >= 11 is 1.50. The molecule has 2 aliphatic heterocycles. The summed E-state index contributed by atoms with van der Waals surface area (Å²) in [6.07, 6.45) is 0. The van der Waals surface area contributed by atoms with Crippen molar-refractivity contribution in [3.8, 4) is 0 Å². The van der Waals surface area contributed by atoms with Crippen LogP contribution in [0.4, 0.5) is 0 Å². The van der Waals surface area contributed by atoms with E-state index in [4.69, 9.17) is 4.74 Å². The Bertz CT molecular complexity index is 629. The summed E-state index contributed by atoms with van der Waals surface area (Å²) in [6, 6.07) is 3.45. The molecule has 0 bridgehead atoms. The summed E-state index contributed by atoms with van der Waals surface area (Å²) < 4.78 is 5.14. The normalized spacial score (nSPS) is 34.1. The van der Waals surface area contributed by atoms with E-state index in [1.54, 1.807) is 13.8 Å². The number of hydrogen-bond donors (Lipinski definition) is 1. The van der Waals surface area contributed by atoms with Gasteiger partial charge in [0, 0.05) is 11.9 Å². The lowest BCUT2D eigenvalue weighted by atomic mass is 9.81. The smallest absolute Gasteiger partial charge is 0.326 e. The second-order valence-corrected chi connectivity index (χ2v) is 6.78. The molecule has 2 saturated heterocycles. The van der Waals surface area contributed by atoms with Crippen LogP contribution in [0.3, 0.4) is 0 Å². The maximum Gasteiger partial charge on any atom is 0.326 e. The van der Waals surface area contributed by atoms with Crippen LogP contribution in [0.1, 0.15) is 24.8 Å². The predicted octanol–water partition coefficient (Wildman–Crippen LogP) is 0.945. The summed E-state index contributed by atoms with van der Waals surface area (Å²) in [5.74, 6) is -2.34. The van der Waals surface area contributed by atoms with Gasteiger partial charge in [0.25, 0.3) is 0 Å². The first-order valence-corrected chi connectivity index (χ1v) is 8.09. The average molecular weight is 322 g/mol. The zero-order valence-electron chi connectivity index (χ0n) is 12.7. The van der Waals surface area contributed by atoms with Gasteiger partial charge in [0.05, 0.1) is 24.5 Å². The number of esters is 1. The molecule has 1 aromatic heterocycles. The molecule has 6 nitrogen and oxygen atoms in total. The Morgan fingerprint density at radius 2 is 2.18 bits per heavy atom. The molecule has 7 heteroatoms. The van der Waals surface area contributed by atoms with Crippen LogP contribution in [0.5, 0.6) is 0 Å². The van der Waals surface area contributed by atoms with Crippen LogP contribution in [0.25, 0.3) is 0 Å². The molecule has 0 unspecified atom stereocenters. The lowest BCUT2D eigenvalue weighted by molar-refractivity contribution is -0.155. The van der Waals surface area contributed by atoms with Crippen molar-refractivity contribution >= 4 is 29.1 Å². The van der Waals surface area contributed by atoms with Gasteiger partial charge in [-0.1, -0.05) is 6.07 Å². The van der Waals surface area contributed by atoms with Crippen LogP contribution < -0.4 is 5.32 Å². The minimum Gasteiger partial charge on any atom is -0.465 e. The SMILES string of the molecule is CCOC(=O)[C@]1(C)N[C@@H](c2cccs2)[C@H]2C(=O)N(C)C(=O)[C@H]21. The maximum absolute atomic E-state index is 12.5. The molecule has 3 rings (SSSR count). The fourth-order valence-electron chi connectivity index (χ4n) is 3.46. The molecule has 0 spiro atoms. The quantitative estimate of drug-likeness (QED) is 0.662. The molecule has 1 aromatic rings. The maximum atomic E-state index is 12.5. The largest absolute Gasteiger partial charge is 0.465 e. The zero-order valence-corrected chi connectivity index (χ0v) is 13.5. The van der Waals surface area contributed by atoms with Gasteiger partial charge in [0.2, 0.25) is 11.8 Å². The number of amides is 2. The molecule has 1 N–H and O–H groups in total. The van der Waals surface area contributed by atoms with Crippen molar-refractivity contribution in [1.29, 1.82) is 0 Å². The fourth-order valence-corrected chi connectivity index (χ4v) is 4.29. The molecule has 2 aliphatic rings. The standard InChI is InChI=1S/C15H18N2O4S/c1-4-21-14(20)15(2)10-9(12(18)17(3)13(10)19)11(16-15)8-6-5-7-22-8/h5-7,9-11,16H,4H2,1-3H3/t9-,10-,11-,15+/m0/s1. The van der Waals surface area contributed by atoms with Crippen molar-refractivity contribution < 1.29 is 19.1 Å². The Morgan fingerprint density at radius 1 is 1.45 bits per heavy atom. The number of nitrogens with zero attached hydrogens (tertiary/aromatic N) is 1. The van der Waals surface area contributed by atoms with Gasteiger partial charge in [0.1, 0.15) is 5.54 Å². The molecular formula is C15H18N2O4S. The number of likely N-dealkylation sites (tertiary alicyclic amines) is 1. The number of carbonyl (C=O) groups is 3. The van der Waals surface area contributed by atoms with Crippen molar-refractivity contribution in [3.63, 3.8) is 0 Å². The van der Waals surface area contributed by atoms with Crippen LogP contribution in [0.2, 0.25) is 0 Å². The first-order valence-electron chi connectivity index (χ1n) is 7.21. The molecule has 0 aromatic carbocycles. The Labute approximate surface area is 132 Å². The summed E-state index contributed by atoms with van der Waals surface area (Å²) in [4.78, 5) is 39.5. The van der Waals surface area contributed by atoms with Gasteiger partial charge in [-0.15, -0.1) is 11.3 Å². The Kier molecular flexibility index (Phi) is 3.57. The minimum absolute atomic E-state index is 0.231. The summed E-state index contributed by atoms with van der Waals surface area (Å²) in [7, 11) is 1.47. The molecule has 22 heavy (non-hydrogen) atoms. The Balaban J connectivity index is 2.06. The van der Waals surface area contributed by atoms with Crippen molar-refractivity contribution in [2.75, 3.05) is 13.7 Å². The monoisotopic (exact) mass is 322 g/mol. The number of hydrogen-bond acceptors (Lipinski definition) is 6. The number of carbonyl (C=O) groups excluding carboxylic acids is 3. The second kappa shape index (κ2) is 5.17. The predicted molar refractivity (Wildman–Crippen MR) is 80.0 cm³/mol. The average Bonchev–Trinajstić information content (AvgIpc) is 3.15. The lowest BCUT2D eigenvalue weighted by Gasteiger charge is -2.28. The van der Waals surface area contributed by atoms with Crippen molar-refractivity contribution in [2.24, 2.45) is 11.8 Å². The molecule has 118 valence electrons. The second-order valence-electron chi connectivity index (χ2n) is 5.80.